The molecule has 1 aromatic heterocycles. The molecule has 15 nitrogen and oxygen atoms in total. The predicted molar refractivity (Wildman–Crippen MR) is 189 cm³/mol. The lowest BCUT2D eigenvalue weighted by Crippen LogP contribution is -2.56. The van der Waals surface area contributed by atoms with E-state index in [-0.39, 0.29) is 88.1 Å². The highest BCUT2D eigenvalue weighted by Crippen LogP contribution is 2.29. The number of carbonyl (C=O) groups excluding carboxylic acids is 6. The molecule has 5 rings (SSSR count). The summed E-state index contributed by atoms with van der Waals surface area (Å²) < 4.78 is 16.2. The number of carbonyl (C=O) groups is 6. The second-order valence-corrected chi connectivity index (χ2v) is 13.5. The van der Waals surface area contributed by atoms with E-state index in [9.17, 15) is 28.8 Å². The number of pyridine rings is 1. The molecule has 0 bridgehead atoms. The Morgan fingerprint density at radius 3 is 2.31 bits per heavy atom. The van der Waals surface area contributed by atoms with Crippen LogP contribution in [0.4, 0.5) is 4.79 Å². The number of amides is 5. The first-order valence-corrected chi connectivity index (χ1v) is 18.3. The van der Waals surface area contributed by atoms with Crippen LogP contribution in [0.1, 0.15) is 74.8 Å². The number of esters is 1. The third kappa shape index (κ3) is 9.09. The van der Waals surface area contributed by atoms with Gasteiger partial charge >= 0.3 is 12.1 Å². The molecule has 282 valence electrons. The van der Waals surface area contributed by atoms with Gasteiger partial charge in [0, 0.05) is 63.7 Å². The Balaban J connectivity index is 1.31. The van der Waals surface area contributed by atoms with Gasteiger partial charge in [0.2, 0.25) is 11.8 Å². The van der Waals surface area contributed by atoms with Gasteiger partial charge < -0.3 is 39.1 Å². The number of rotatable bonds is 13. The van der Waals surface area contributed by atoms with Crippen LogP contribution in [0, 0.1) is 6.92 Å². The maximum atomic E-state index is 13.8. The highest BCUT2D eigenvalue weighted by atomic mass is 16.6. The van der Waals surface area contributed by atoms with Gasteiger partial charge in [-0.2, -0.15) is 0 Å². The Kier molecular flexibility index (Phi) is 12.9. The van der Waals surface area contributed by atoms with Crippen molar-refractivity contribution in [1.82, 2.24) is 29.9 Å². The highest BCUT2D eigenvalue weighted by Gasteiger charge is 2.38. The average Bonchev–Trinajstić information content (AvgIpc) is 3.61. The molecule has 2 aliphatic heterocycles. The van der Waals surface area contributed by atoms with Gasteiger partial charge in [0.05, 0.1) is 18.7 Å². The van der Waals surface area contributed by atoms with Crippen molar-refractivity contribution >= 4 is 46.6 Å². The second kappa shape index (κ2) is 17.5. The summed E-state index contributed by atoms with van der Waals surface area (Å²) in [5.74, 6) is -1.70. The molecule has 1 aliphatic carbocycles. The first kappa shape index (κ1) is 38.3. The van der Waals surface area contributed by atoms with E-state index >= 15 is 0 Å². The van der Waals surface area contributed by atoms with Crippen LogP contribution in [0.25, 0.3) is 10.9 Å². The Bertz CT molecular complexity index is 1660. The minimum absolute atomic E-state index is 0.0162. The van der Waals surface area contributed by atoms with E-state index in [2.05, 4.69) is 10.3 Å². The molecule has 3 heterocycles. The predicted octanol–water partition coefficient (Wildman–Crippen LogP) is 2.67. The number of likely N-dealkylation sites (N-methyl/N-ethyl adjacent to an activating group) is 1. The number of aryl methyl sites for hydroxylation is 1. The number of hydrogen-bond donors (Lipinski definition) is 1. The van der Waals surface area contributed by atoms with E-state index in [1.54, 1.807) is 40.7 Å². The summed E-state index contributed by atoms with van der Waals surface area (Å²) in [7, 11) is 1.81. The van der Waals surface area contributed by atoms with E-state index in [0.29, 0.717) is 23.9 Å². The number of nitrogens with one attached hydrogen (secondary N) is 1. The van der Waals surface area contributed by atoms with Gasteiger partial charge in [-0.3, -0.25) is 24.0 Å². The number of hydrogen-bond acceptors (Lipinski definition) is 10. The zero-order valence-electron chi connectivity index (χ0n) is 30.6. The quantitative estimate of drug-likeness (QED) is 0.304. The van der Waals surface area contributed by atoms with Crippen LogP contribution >= 0.6 is 0 Å². The van der Waals surface area contributed by atoms with Crippen LogP contribution < -0.4 is 10.1 Å². The minimum atomic E-state index is -1.09. The van der Waals surface area contributed by atoms with Gasteiger partial charge in [-0.1, -0.05) is 6.07 Å². The topological polar surface area (TPSA) is 168 Å². The van der Waals surface area contributed by atoms with Crippen molar-refractivity contribution in [2.75, 3.05) is 59.6 Å². The number of ether oxygens (including phenoxy) is 3. The van der Waals surface area contributed by atoms with E-state index in [0.717, 1.165) is 31.2 Å². The second-order valence-electron chi connectivity index (χ2n) is 13.5. The molecule has 0 radical (unpaired) electrons. The molecule has 52 heavy (non-hydrogen) atoms. The number of benzene rings is 1. The Morgan fingerprint density at radius 2 is 1.63 bits per heavy atom. The lowest BCUT2D eigenvalue weighted by Gasteiger charge is -2.37. The molecular weight excluding hydrogens is 672 g/mol. The summed E-state index contributed by atoms with van der Waals surface area (Å²) in [6.07, 6.45) is 3.80. The fourth-order valence-corrected chi connectivity index (χ4v) is 6.81. The number of aromatic nitrogens is 1. The Labute approximate surface area is 303 Å². The van der Waals surface area contributed by atoms with Crippen LogP contribution in [0.5, 0.6) is 5.75 Å². The number of fused-ring (bicyclic) bond motifs is 1. The van der Waals surface area contributed by atoms with Gasteiger partial charge in [0.1, 0.15) is 23.5 Å². The van der Waals surface area contributed by atoms with E-state index in [1.807, 2.05) is 20.0 Å². The largest absolute Gasteiger partial charge is 0.483 e. The molecular formula is C37H50N6O9. The van der Waals surface area contributed by atoms with Crippen molar-refractivity contribution in [1.29, 1.82) is 0 Å². The third-order valence-electron chi connectivity index (χ3n) is 10.0. The van der Waals surface area contributed by atoms with E-state index in [1.165, 1.54) is 11.0 Å². The fourth-order valence-electron chi connectivity index (χ4n) is 6.81. The number of piperazine rings is 1. The lowest BCUT2D eigenvalue weighted by molar-refractivity contribution is -0.146. The summed E-state index contributed by atoms with van der Waals surface area (Å²) in [6, 6.07) is 5.50. The smallest absolute Gasteiger partial charge is 0.409 e. The molecule has 5 amide bonds. The van der Waals surface area contributed by atoms with E-state index < -0.39 is 36.0 Å². The maximum Gasteiger partial charge on any atom is 0.409 e. The van der Waals surface area contributed by atoms with Gasteiger partial charge in [-0.15, -0.1) is 0 Å². The molecule has 3 fully saturated rings. The van der Waals surface area contributed by atoms with Crippen LogP contribution in [-0.4, -0.2) is 138 Å². The summed E-state index contributed by atoms with van der Waals surface area (Å²) in [6.45, 7) is 6.79. The van der Waals surface area contributed by atoms with Crippen molar-refractivity contribution in [2.45, 2.75) is 83.8 Å². The van der Waals surface area contributed by atoms with Crippen molar-refractivity contribution in [3.63, 3.8) is 0 Å². The first-order valence-electron chi connectivity index (χ1n) is 18.3. The zero-order valence-corrected chi connectivity index (χ0v) is 30.6. The standard InChI is InChI=1S/C37H50N6O9/c1-5-50-33(45)15-14-27(35(47)41-17-19-42(20-18-41)37(49)51-6-2)39-34(46)29-22-31(26-13-12-24(3)21-28(26)38-29)52-23-32(44)43-16-8-11-30(43)36(48)40(4)25-9-7-10-25/h12-13,21-22,25,27,30H,5-11,14-20,23H2,1-4H3,(H,39,46)/t27-,30-/m0/s1. The van der Waals surface area contributed by atoms with Crippen molar-refractivity contribution < 1.29 is 43.0 Å². The summed E-state index contributed by atoms with van der Waals surface area (Å²) >= 11 is 0. The van der Waals surface area contributed by atoms with Gasteiger partial charge in [0.25, 0.3) is 11.8 Å². The van der Waals surface area contributed by atoms with Gasteiger partial charge in [-0.05, 0) is 77.0 Å². The molecule has 15 heteroatoms. The highest BCUT2D eigenvalue weighted by molar-refractivity contribution is 5.99. The SMILES string of the molecule is CCOC(=O)CC[C@H](NC(=O)c1cc(OCC(=O)N2CCC[C@H]2C(=O)N(C)C2CCC2)c2ccc(C)cc2n1)C(=O)N1CCN(C(=O)OCC)CC1. The van der Waals surface area contributed by atoms with Crippen LogP contribution in [0.3, 0.4) is 0 Å². The molecule has 1 N–H and O–H groups in total. The van der Waals surface area contributed by atoms with Crippen molar-refractivity contribution in [2.24, 2.45) is 0 Å². The Hall–Kier alpha value is -4.95. The molecule has 1 saturated carbocycles. The normalized spacial score (nSPS) is 18.0. The van der Waals surface area contributed by atoms with Crippen molar-refractivity contribution in [3.8, 4) is 5.75 Å². The molecule has 2 aromatic rings. The minimum Gasteiger partial charge on any atom is -0.483 e. The monoisotopic (exact) mass is 722 g/mol. The first-order chi connectivity index (χ1) is 25.0. The number of nitrogens with zero attached hydrogens (tertiary/aromatic N) is 5. The molecule has 0 unspecified atom stereocenters. The Morgan fingerprint density at radius 1 is 0.923 bits per heavy atom. The van der Waals surface area contributed by atoms with Gasteiger partial charge in [0.15, 0.2) is 6.61 Å². The molecule has 3 aliphatic rings. The summed E-state index contributed by atoms with van der Waals surface area (Å²) in [5, 5.41) is 3.35. The van der Waals surface area contributed by atoms with Crippen molar-refractivity contribution in [3.05, 3.63) is 35.5 Å². The van der Waals surface area contributed by atoms with Crippen LogP contribution in [-0.2, 0) is 28.7 Å². The van der Waals surface area contributed by atoms with E-state index in [4.69, 9.17) is 14.2 Å². The molecule has 1 aromatic carbocycles. The summed E-state index contributed by atoms with van der Waals surface area (Å²) in [4.78, 5) is 89.8. The fraction of sp³-hybridized carbons (Fsp3) is 0.595. The average molecular weight is 723 g/mol. The van der Waals surface area contributed by atoms with Crippen LogP contribution in [0.2, 0.25) is 0 Å². The third-order valence-corrected chi connectivity index (χ3v) is 10.0. The summed E-state index contributed by atoms with van der Waals surface area (Å²) in [5.41, 5.74) is 1.30. The molecule has 2 saturated heterocycles. The number of likely N-dealkylation sites (tertiary alicyclic amines) is 1. The zero-order chi connectivity index (χ0) is 37.4. The lowest BCUT2D eigenvalue weighted by atomic mass is 9.91. The maximum absolute atomic E-state index is 13.8. The van der Waals surface area contributed by atoms with Crippen LogP contribution in [0.15, 0.2) is 24.3 Å². The molecule has 2 atom stereocenters. The molecule has 0 spiro atoms. The van der Waals surface area contributed by atoms with Gasteiger partial charge in [-0.25, -0.2) is 9.78 Å².